The Morgan fingerprint density at radius 2 is 1.77 bits per heavy atom. The highest BCUT2D eigenvalue weighted by molar-refractivity contribution is 5.95. The van der Waals surface area contributed by atoms with Crippen LogP contribution in [0.3, 0.4) is 0 Å². The van der Waals surface area contributed by atoms with Crippen LogP contribution in [0.15, 0.2) is 36.4 Å². The summed E-state index contributed by atoms with van der Waals surface area (Å²) in [6, 6.07) is 11.3. The summed E-state index contributed by atoms with van der Waals surface area (Å²) < 4.78 is 10.7. The van der Waals surface area contributed by atoms with E-state index >= 15 is 0 Å². The van der Waals surface area contributed by atoms with E-state index in [-0.39, 0.29) is 5.91 Å². The van der Waals surface area contributed by atoms with Crippen LogP contribution in [0.5, 0.6) is 11.5 Å². The maximum Gasteiger partial charge on any atom is 0.251 e. The predicted molar refractivity (Wildman–Crippen MR) is 86.6 cm³/mol. The van der Waals surface area contributed by atoms with Crippen LogP contribution in [0.25, 0.3) is 0 Å². The highest BCUT2D eigenvalue weighted by Gasteiger charge is 2.13. The summed E-state index contributed by atoms with van der Waals surface area (Å²) in [6.07, 6.45) is 0. The van der Waals surface area contributed by atoms with E-state index in [0.29, 0.717) is 12.1 Å². The average molecular weight is 299 g/mol. The Morgan fingerprint density at radius 3 is 2.41 bits per heavy atom. The van der Waals surface area contributed by atoms with Crippen molar-refractivity contribution in [2.75, 3.05) is 14.2 Å². The maximum atomic E-state index is 12.3. The third kappa shape index (κ3) is 3.22. The molecule has 0 aliphatic heterocycles. The first-order valence-corrected chi connectivity index (χ1v) is 7.12. The van der Waals surface area contributed by atoms with Crippen molar-refractivity contribution >= 4 is 5.91 Å². The first kappa shape index (κ1) is 15.9. The monoisotopic (exact) mass is 299 g/mol. The molecular formula is C18H21NO3. The fourth-order valence-corrected chi connectivity index (χ4v) is 2.47. The lowest BCUT2D eigenvalue weighted by molar-refractivity contribution is 0.0950. The number of carbonyl (C=O) groups is 1. The molecule has 0 bridgehead atoms. The molecule has 0 aromatic heterocycles. The Hall–Kier alpha value is -2.49. The zero-order valence-electron chi connectivity index (χ0n) is 13.4. The van der Waals surface area contributed by atoms with Gasteiger partial charge in [-0.25, -0.2) is 0 Å². The number of ether oxygens (including phenoxy) is 2. The summed E-state index contributed by atoms with van der Waals surface area (Å²) in [7, 11) is 3.25. The molecular weight excluding hydrogens is 278 g/mol. The third-order valence-electron chi connectivity index (χ3n) is 3.69. The molecule has 4 heteroatoms. The Balaban J connectivity index is 2.17. The van der Waals surface area contributed by atoms with Crippen molar-refractivity contribution in [2.45, 2.75) is 20.4 Å². The first-order chi connectivity index (χ1) is 10.6. The molecule has 22 heavy (non-hydrogen) atoms. The van der Waals surface area contributed by atoms with E-state index in [1.165, 1.54) is 0 Å². The summed E-state index contributed by atoms with van der Waals surface area (Å²) in [5.74, 6) is 1.42. The van der Waals surface area contributed by atoms with Gasteiger partial charge in [0.05, 0.1) is 14.2 Å². The minimum absolute atomic E-state index is 0.0892. The number of rotatable bonds is 5. The van der Waals surface area contributed by atoms with E-state index in [4.69, 9.17) is 9.47 Å². The average Bonchev–Trinajstić information content (AvgIpc) is 2.53. The number of hydrogen-bond donors (Lipinski definition) is 1. The molecule has 116 valence electrons. The van der Waals surface area contributed by atoms with Crippen LogP contribution in [0.1, 0.15) is 27.0 Å². The number of nitrogens with one attached hydrogen (secondary N) is 1. The molecule has 0 radical (unpaired) electrons. The molecule has 1 amide bonds. The second-order valence-corrected chi connectivity index (χ2v) is 5.08. The van der Waals surface area contributed by atoms with E-state index in [0.717, 1.165) is 28.2 Å². The van der Waals surface area contributed by atoms with Gasteiger partial charge in [0.2, 0.25) is 0 Å². The summed E-state index contributed by atoms with van der Waals surface area (Å²) >= 11 is 0. The largest absolute Gasteiger partial charge is 0.496 e. The van der Waals surface area contributed by atoms with Crippen LogP contribution < -0.4 is 14.8 Å². The van der Waals surface area contributed by atoms with Crippen molar-refractivity contribution in [1.82, 2.24) is 5.32 Å². The summed E-state index contributed by atoms with van der Waals surface area (Å²) in [6.45, 7) is 4.26. The topological polar surface area (TPSA) is 47.6 Å². The lowest BCUT2D eigenvalue weighted by atomic mass is 10.1. The van der Waals surface area contributed by atoms with E-state index in [1.807, 2.05) is 50.2 Å². The number of benzene rings is 2. The predicted octanol–water partition coefficient (Wildman–Crippen LogP) is 3.25. The molecule has 0 heterocycles. The van der Waals surface area contributed by atoms with Gasteiger partial charge >= 0.3 is 0 Å². The van der Waals surface area contributed by atoms with Crippen LogP contribution >= 0.6 is 0 Å². The van der Waals surface area contributed by atoms with Gasteiger partial charge in [0.25, 0.3) is 5.91 Å². The van der Waals surface area contributed by atoms with Crippen molar-refractivity contribution < 1.29 is 14.3 Å². The minimum atomic E-state index is -0.0892. The van der Waals surface area contributed by atoms with Crippen LogP contribution in [-0.2, 0) is 6.54 Å². The molecule has 0 fully saturated rings. The van der Waals surface area contributed by atoms with Crippen LogP contribution in [-0.4, -0.2) is 20.1 Å². The lowest BCUT2D eigenvalue weighted by Gasteiger charge is -2.15. The molecule has 4 nitrogen and oxygen atoms in total. The lowest BCUT2D eigenvalue weighted by Crippen LogP contribution is -2.24. The molecule has 0 aliphatic carbocycles. The van der Waals surface area contributed by atoms with Gasteiger partial charge in [-0.2, -0.15) is 0 Å². The van der Waals surface area contributed by atoms with E-state index in [2.05, 4.69) is 5.32 Å². The number of amides is 1. The maximum absolute atomic E-state index is 12.3. The van der Waals surface area contributed by atoms with Gasteiger partial charge < -0.3 is 14.8 Å². The van der Waals surface area contributed by atoms with Gasteiger partial charge in [-0.15, -0.1) is 0 Å². The third-order valence-corrected chi connectivity index (χ3v) is 3.69. The zero-order chi connectivity index (χ0) is 16.1. The first-order valence-electron chi connectivity index (χ1n) is 7.12. The van der Waals surface area contributed by atoms with Crippen molar-refractivity contribution in [3.05, 3.63) is 58.7 Å². The van der Waals surface area contributed by atoms with Crippen molar-refractivity contribution in [2.24, 2.45) is 0 Å². The standard InChI is InChI=1S/C18H21NO3/c1-12-7-5-6-8-15(12)18(20)19-11-14-9-10-16(21-3)13(2)17(14)22-4/h5-10H,11H2,1-4H3,(H,19,20). The molecule has 0 saturated carbocycles. The smallest absolute Gasteiger partial charge is 0.251 e. The molecule has 0 saturated heterocycles. The Morgan fingerprint density at radius 1 is 1.05 bits per heavy atom. The second kappa shape index (κ2) is 6.98. The van der Waals surface area contributed by atoms with Gasteiger partial charge in [0.1, 0.15) is 11.5 Å². The fourth-order valence-electron chi connectivity index (χ4n) is 2.47. The minimum Gasteiger partial charge on any atom is -0.496 e. The number of aryl methyl sites for hydroxylation is 1. The molecule has 2 rings (SSSR count). The van der Waals surface area contributed by atoms with E-state index in [9.17, 15) is 4.79 Å². The van der Waals surface area contributed by atoms with Crippen molar-refractivity contribution in [1.29, 1.82) is 0 Å². The van der Waals surface area contributed by atoms with Crippen molar-refractivity contribution in [3.8, 4) is 11.5 Å². The Bertz CT molecular complexity index is 680. The molecule has 2 aromatic carbocycles. The number of methoxy groups -OCH3 is 2. The second-order valence-electron chi connectivity index (χ2n) is 5.08. The van der Waals surface area contributed by atoms with Crippen LogP contribution in [0.4, 0.5) is 0 Å². The van der Waals surface area contributed by atoms with Gasteiger partial charge in [-0.05, 0) is 37.6 Å². The summed E-state index contributed by atoms with van der Waals surface area (Å²) in [5, 5.41) is 2.94. The number of hydrogen-bond acceptors (Lipinski definition) is 3. The molecule has 2 aromatic rings. The summed E-state index contributed by atoms with van der Waals surface area (Å²) in [4.78, 5) is 12.3. The molecule has 0 atom stereocenters. The highest BCUT2D eigenvalue weighted by Crippen LogP contribution is 2.31. The van der Waals surface area contributed by atoms with Crippen LogP contribution in [0, 0.1) is 13.8 Å². The van der Waals surface area contributed by atoms with Gasteiger partial charge in [-0.3, -0.25) is 4.79 Å². The summed E-state index contributed by atoms with van der Waals surface area (Å²) in [5.41, 5.74) is 3.49. The highest BCUT2D eigenvalue weighted by atomic mass is 16.5. The van der Waals surface area contributed by atoms with E-state index < -0.39 is 0 Å². The molecule has 0 spiro atoms. The fraction of sp³-hybridized carbons (Fsp3) is 0.278. The zero-order valence-corrected chi connectivity index (χ0v) is 13.4. The normalized spacial score (nSPS) is 10.2. The Labute approximate surface area is 131 Å². The Kier molecular flexibility index (Phi) is 5.04. The van der Waals surface area contributed by atoms with Gasteiger partial charge in [0, 0.05) is 23.2 Å². The van der Waals surface area contributed by atoms with Gasteiger partial charge in [-0.1, -0.05) is 18.2 Å². The quantitative estimate of drug-likeness (QED) is 0.922. The number of carbonyl (C=O) groups excluding carboxylic acids is 1. The van der Waals surface area contributed by atoms with Crippen LogP contribution in [0.2, 0.25) is 0 Å². The molecule has 0 aliphatic rings. The van der Waals surface area contributed by atoms with Gasteiger partial charge in [0.15, 0.2) is 0 Å². The molecule has 0 unspecified atom stereocenters. The van der Waals surface area contributed by atoms with E-state index in [1.54, 1.807) is 14.2 Å². The molecule has 1 N–H and O–H groups in total. The SMILES string of the molecule is COc1ccc(CNC(=O)c2ccccc2C)c(OC)c1C. The van der Waals surface area contributed by atoms with Crippen molar-refractivity contribution in [3.63, 3.8) is 0 Å².